The van der Waals surface area contributed by atoms with Crippen LogP contribution in [-0.4, -0.2) is 39.6 Å². The number of aliphatic carboxylic acids is 1. The van der Waals surface area contributed by atoms with E-state index in [9.17, 15) is 14.0 Å². The largest absolute Gasteiger partial charge is 0.480 e. The van der Waals surface area contributed by atoms with Crippen LogP contribution in [0.2, 0.25) is 5.02 Å². The Morgan fingerprint density at radius 3 is 2.83 bits per heavy atom. The minimum absolute atomic E-state index is 0.0129. The van der Waals surface area contributed by atoms with E-state index in [0.717, 1.165) is 12.1 Å². The number of hydrogen-bond acceptors (Lipinski definition) is 3. The summed E-state index contributed by atoms with van der Waals surface area (Å²) >= 11 is 7.15. The first-order valence-corrected chi connectivity index (χ1v) is 6.60. The second-order valence-electron chi connectivity index (χ2n) is 3.75. The molecule has 7 heteroatoms. The molecule has 0 bridgehead atoms. The molecule has 0 saturated carbocycles. The highest BCUT2D eigenvalue weighted by Gasteiger charge is 2.35. The van der Waals surface area contributed by atoms with Crippen LogP contribution in [-0.2, 0) is 4.79 Å². The van der Waals surface area contributed by atoms with Crippen LogP contribution < -0.4 is 0 Å². The maximum absolute atomic E-state index is 12.9. The lowest BCUT2D eigenvalue weighted by atomic mass is 10.1. The average Bonchev–Trinajstić information content (AvgIpc) is 2.77. The third-order valence-electron chi connectivity index (χ3n) is 2.59. The Morgan fingerprint density at radius 2 is 2.22 bits per heavy atom. The Balaban J connectivity index is 2.28. The number of carbonyl (C=O) groups is 2. The van der Waals surface area contributed by atoms with E-state index in [2.05, 4.69) is 0 Å². The van der Waals surface area contributed by atoms with E-state index < -0.39 is 23.7 Å². The van der Waals surface area contributed by atoms with Gasteiger partial charge in [0.2, 0.25) is 0 Å². The minimum Gasteiger partial charge on any atom is -0.480 e. The smallest absolute Gasteiger partial charge is 0.327 e. The standard InChI is InChI=1S/C11H9ClFNO3S/c12-8-3-6(13)1-2-7(8)10(15)14-5-18-4-9(14)11(16)17/h1-3,9H,4-5H2,(H,16,17). The summed E-state index contributed by atoms with van der Waals surface area (Å²) in [7, 11) is 0. The lowest BCUT2D eigenvalue weighted by Gasteiger charge is -2.20. The van der Waals surface area contributed by atoms with Crippen LogP contribution in [0.4, 0.5) is 4.39 Å². The van der Waals surface area contributed by atoms with Crippen LogP contribution >= 0.6 is 23.4 Å². The van der Waals surface area contributed by atoms with Gasteiger partial charge in [0.05, 0.1) is 16.5 Å². The lowest BCUT2D eigenvalue weighted by Crippen LogP contribution is -2.41. The molecular formula is C11H9ClFNO3S. The molecule has 0 aromatic heterocycles. The van der Waals surface area contributed by atoms with Gasteiger partial charge in [-0.15, -0.1) is 11.8 Å². The van der Waals surface area contributed by atoms with Gasteiger partial charge in [-0.25, -0.2) is 9.18 Å². The van der Waals surface area contributed by atoms with Crippen LogP contribution in [0.15, 0.2) is 18.2 Å². The number of carboxylic acids is 1. The summed E-state index contributed by atoms with van der Waals surface area (Å²) < 4.78 is 12.9. The summed E-state index contributed by atoms with van der Waals surface area (Å²) in [5.41, 5.74) is 0.117. The molecule has 1 N–H and O–H groups in total. The fourth-order valence-corrected chi connectivity index (χ4v) is 3.06. The van der Waals surface area contributed by atoms with Gasteiger partial charge in [-0.1, -0.05) is 11.6 Å². The Morgan fingerprint density at radius 1 is 1.50 bits per heavy atom. The molecule has 1 atom stereocenters. The van der Waals surface area contributed by atoms with E-state index in [-0.39, 0.29) is 10.6 Å². The third-order valence-corrected chi connectivity index (χ3v) is 3.91. The SMILES string of the molecule is O=C(O)C1CSCN1C(=O)c1ccc(F)cc1Cl. The van der Waals surface area contributed by atoms with Gasteiger partial charge in [0, 0.05) is 5.75 Å². The number of nitrogens with zero attached hydrogens (tertiary/aromatic N) is 1. The van der Waals surface area contributed by atoms with E-state index in [1.54, 1.807) is 0 Å². The van der Waals surface area contributed by atoms with Gasteiger partial charge < -0.3 is 10.0 Å². The zero-order chi connectivity index (χ0) is 13.3. The van der Waals surface area contributed by atoms with Crippen LogP contribution in [0.5, 0.6) is 0 Å². The fraction of sp³-hybridized carbons (Fsp3) is 0.273. The molecule has 1 aromatic carbocycles. The van der Waals surface area contributed by atoms with E-state index in [0.29, 0.717) is 11.6 Å². The molecule has 1 amide bonds. The maximum atomic E-state index is 12.9. The Hall–Kier alpha value is -1.27. The molecule has 0 aliphatic carbocycles. The van der Waals surface area contributed by atoms with Gasteiger partial charge in [-0.05, 0) is 18.2 Å². The van der Waals surface area contributed by atoms with Crippen molar-refractivity contribution in [2.24, 2.45) is 0 Å². The number of carbonyl (C=O) groups excluding carboxylic acids is 1. The Bertz CT molecular complexity index is 511. The third kappa shape index (κ3) is 2.44. The molecule has 1 unspecified atom stereocenters. The van der Waals surface area contributed by atoms with Crippen molar-refractivity contribution < 1.29 is 19.1 Å². The minimum atomic E-state index is -1.05. The van der Waals surface area contributed by atoms with E-state index in [4.69, 9.17) is 16.7 Å². The molecule has 0 radical (unpaired) electrons. The molecule has 2 rings (SSSR count). The van der Waals surface area contributed by atoms with Gasteiger partial charge in [0.1, 0.15) is 11.9 Å². The van der Waals surface area contributed by atoms with Crippen molar-refractivity contribution in [3.63, 3.8) is 0 Å². The molecule has 1 aromatic rings. The van der Waals surface area contributed by atoms with Crippen molar-refractivity contribution in [2.45, 2.75) is 6.04 Å². The van der Waals surface area contributed by atoms with E-state index >= 15 is 0 Å². The summed E-state index contributed by atoms with van der Waals surface area (Å²) in [5, 5.41) is 8.98. The van der Waals surface area contributed by atoms with Crippen molar-refractivity contribution in [3.05, 3.63) is 34.6 Å². The molecular weight excluding hydrogens is 281 g/mol. The van der Waals surface area contributed by atoms with Crippen molar-refractivity contribution >= 4 is 35.2 Å². The number of carboxylic acid groups (broad SMARTS) is 1. The average molecular weight is 290 g/mol. The highest BCUT2D eigenvalue weighted by Crippen LogP contribution is 2.26. The predicted molar refractivity (Wildman–Crippen MR) is 66.3 cm³/mol. The number of hydrogen-bond donors (Lipinski definition) is 1. The van der Waals surface area contributed by atoms with Gasteiger partial charge in [-0.2, -0.15) is 0 Å². The topological polar surface area (TPSA) is 57.6 Å². The summed E-state index contributed by atoms with van der Waals surface area (Å²) in [5.74, 6) is -1.44. The Labute approximate surface area is 112 Å². The molecule has 1 heterocycles. The zero-order valence-corrected chi connectivity index (χ0v) is 10.7. The molecule has 1 fully saturated rings. The molecule has 4 nitrogen and oxygen atoms in total. The second kappa shape index (κ2) is 5.16. The lowest BCUT2D eigenvalue weighted by molar-refractivity contribution is -0.140. The van der Waals surface area contributed by atoms with Crippen LogP contribution in [0, 0.1) is 5.82 Å². The summed E-state index contributed by atoms with van der Waals surface area (Å²) in [6.45, 7) is 0. The summed E-state index contributed by atoms with van der Waals surface area (Å²) in [6.07, 6.45) is 0. The molecule has 1 aliphatic rings. The Kier molecular flexibility index (Phi) is 3.77. The van der Waals surface area contributed by atoms with Crippen LogP contribution in [0.3, 0.4) is 0 Å². The highest BCUT2D eigenvalue weighted by molar-refractivity contribution is 7.99. The van der Waals surface area contributed by atoms with Gasteiger partial charge in [-0.3, -0.25) is 4.79 Å². The number of amides is 1. The van der Waals surface area contributed by atoms with Crippen molar-refractivity contribution in [3.8, 4) is 0 Å². The van der Waals surface area contributed by atoms with Crippen molar-refractivity contribution in [1.82, 2.24) is 4.90 Å². The van der Waals surface area contributed by atoms with Gasteiger partial charge >= 0.3 is 5.97 Å². The second-order valence-corrected chi connectivity index (χ2v) is 5.16. The quantitative estimate of drug-likeness (QED) is 0.905. The summed E-state index contributed by atoms with van der Waals surface area (Å²) in [6, 6.07) is 2.57. The molecule has 1 saturated heterocycles. The number of rotatable bonds is 2. The zero-order valence-electron chi connectivity index (χ0n) is 9.10. The predicted octanol–water partition coefficient (Wildman–Crippen LogP) is 2.08. The van der Waals surface area contributed by atoms with Gasteiger partial charge in [0.25, 0.3) is 5.91 Å². The normalized spacial score (nSPS) is 19.0. The fourth-order valence-electron chi connectivity index (χ4n) is 1.67. The first-order chi connectivity index (χ1) is 8.50. The number of halogens is 2. The molecule has 96 valence electrons. The van der Waals surface area contributed by atoms with Crippen LogP contribution in [0.1, 0.15) is 10.4 Å². The first-order valence-electron chi connectivity index (χ1n) is 5.07. The van der Waals surface area contributed by atoms with Gasteiger partial charge in [0.15, 0.2) is 0 Å². The monoisotopic (exact) mass is 289 g/mol. The summed E-state index contributed by atoms with van der Waals surface area (Å²) in [4.78, 5) is 24.4. The molecule has 0 spiro atoms. The van der Waals surface area contributed by atoms with Crippen LogP contribution in [0.25, 0.3) is 0 Å². The maximum Gasteiger partial charge on any atom is 0.327 e. The first kappa shape index (κ1) is 13.2. The van der Waals surface area contributed by atoms with Crippen molar-refractivity contribution in [1.29, 1.82) is 0 Å². The van der Waals surface area contributed by atoms with Crippen molar-refractivity contribution in [2.75, 3.05) is 11.6 Å². The van der Waals surface area contributed by atoms with E-state index in [1.807, 2.05) is 0 Å². The molecule has 1 aliphatic heterocycles. The number of benzene rings is 1. The highest BCUT2D eigenvalue weighted by atomic mass is 35.5. The number of thioether (sulfide) groups is 1. The molecule has 18 heavy (non-hydrogen) atoms. The van der Waals surface area contributed by atoms with E-state index in [1.165, 1.54) is 22.7 Å².